The van der Waals surface area contributed by atoms with Crippen molar-refractivity contribution in [3.63, 3.8) is 0 Å². The molecule has 2 N–H and O–H groups in total. The molecule has 7 nitrogen and oxygen atoms in total. The number of benzene rings is 1. The van der Waals surface area contributed by atoms with Crippen LogP contribution in [0.3, 0.4) is 0 Å². The minimum atomic E-state index is -0.243. The lowest BCUT2D eigenvalue weighted by Crippen LogP contribution is -2.45. The molecule has 230 valence electrons. The summed E-state index contributed by atoms with van der Waals surface area (Å²) in [6, 6.07) is 6.58. The first-order valence-electron chi connectivity index (χ1n) is 15.1. The highest BCUT2D eigenvalue weighted by atomic mass is 16.5. The molecule has 1 amide bonds. The first kappa shape index (κ1) is 34.4. The van der Waals surface area contributed by atoms with Gasteiger partial charge in [-0.05, 0) is 84.0 Å². The lowest BCUT2D eigenvalue weighted by atomic mass is 9.85. The van der Waals surface area contributed by atoms with Crippen LogP contribution < -0.4 is 20.1 Å². The lowest BCUT2D eigenvalue weighted by molar-refractivity contribution is -0.131. The second kappa shape index (κ2) is 14.4. The third-order valence-electron chi connectivity index (χ3n) is 6.72. The largest absolute Gasteiger partial charge is 0.490 e. The van der Waals surface area contributed by atoms with Crippen molar-refractivity contribution in [2.75, 3.05) is 46.1 Å². The first-order chi connectivity index (χ1) is 18.3. The molecular weight excluding hydrogens is 502 g/mol. The van der Waals surface area contributed by atoms with E-state index >= 15 is 0 Å². The summed E-state index contributed by atoms with van der Waals surface area (Å²) in [4.78, 5) is 14.7. The third kappa shape index (κ3) is 13.2. The topological polar surface area (TPSA) is 72.1 Å². The van der Waals surface area contributed by atoms with Crippen molar-refractivity contribution < 1.29 is 19.0 Å². The molecular formula is C33H59N3O4. The number of nitrogens with one attached hydrogen (secondary N) is 2. The van der Waals surface area contributed by atoms with Crippen LogP contribution in [-0.2, 0) is 14.9 Å². The molecule has 1 saturated heterocycles. The Morgan fingerprint density at radius 2 is 1.60 bits per heavy atom. The average molecular weight is 562 g/mol. The molecule has 2 rings (SSSR count). The summed E-state index contributed by atoms with van der Waals surface area (Å²) in [5, 5.41) is 7.12. The van der Waals surface area contributed by atoms with E-state index in [1.807, 2.05) is 11.0 Å². The Morgan fingerprint density at radius 3 is 2.23 bits per heavy atom. The van der Waals surface area contributed by atoms with Crippen LogP contribution in [0, 0.1) is 5.41 Å². The van der Waals surface area contributed by atoms with E-state index in [1.165, 1.54) is 0 Å². The fourth-order valence-corrected chi connectivity index (χ4v) is 4.62. The Bertz CT molecular complexity index is 925. The minimum Gasteiger partial charge on any atom is -0.490 e. The average Bonchev–Trinajstić information content (AvgIpc) is 3.26. The number of hydrogen-bond acceptors (Lipinski definition) is 6. The standard InChI is InChI=1S/C33H59N3O4/c1-30(2,3)23-40-27-14-13-25(21-28(27)39-19-12-17-34-31(4,5)6)33(10,11)24-38-20-16-29(37)36-18-15-26(22-36)35-32(7,8)9/h13-14,21,26,34-35H,12,15-20,22-24H2,1-11H3/t26-/m1/s1. The van der Waals surface area contributed by atoms with E-state index in [1.54, 1.807) is 0 Å². The Labute approximate surface area is 245 Å². The summed E-state index contributed by atoms with van der Waals surface area (Å²) in [5.74, 6) is 1.72. The van der Waals surface area contributed by atoms with Crippen molar-refractivity contribution in [1.29, 1.82) is 0 Å². The van der Waals surface area contributed by atoms with Gasteiger partial charge in [0, 0.05) is 35.6 Å². The fourth-order valence-electron chi connectivity index (χ4n) is 4.62. The molecule has 1 aromatic rings. The molecule has 40 heavy (non-hydrogen) atoms. The SMILES string of the molecule is CC(C)(C)COc1ccc(C(C)(C)COCCC(=O)N2CC[C@@H](NC(C)(C)C)C2)cc1OCCCNC(C)(C)C. The van der Waals surface area contributed by atoms with E-state index < -0.39 is 0 Å². The van der Waals surface area contributed by atoms with E-state index in [0.717, 1.165) is 49.5 Å². The van der Waals surface area contributed by atoms with Crippen molar-refractivity contribution in [3.05, 3.63) is 23.8 Å². The second-order valence-electron chi connectivity index (χ2n) is 15.3. The summed E-state index contributed by atoms with van der Waals surface area (Å²) in [6.45, 7) is 28.5. The molecule has 0 unspecified atom stereocenters. The summed E-state index contributed by atoms with van der Waals surface area (Å²) < 4.78 is 18.5. The van der Waals surface area contributed by atoms with E-state index in [0.29, 0.717) is 38.9 Å². The van der Waals surface area contributed by atoms with Gasteiger partial charge < -0.3 is 29.7 Å². The molecule has 1 heterocycles. The first-order valence-corrected chi connectivity index (χ1v) is 15.1. The highest BCUT2D eigenvalue weighted by Crippen LogP contribution is 2.35. The van der Waals surface area contributed by atoms with E-state index in [-0.39, 0.29) is 27.8 Å². The maximum Gasteiger partial charge on any atom is 0.224 e. The van der Waals surface area contributed by atoms with Crippen LogP contribution in [-0.4, -0.2) is 74.0 Å². The number of hydrogen-bond donors (Lipinski definition) is 2. The van der Waals surface area contributed by atoms with Gasteiger partial charge in [-0.2, -0.15) is 0 Å². The summed E-state index contributed by atoms with van der Waals surface area (Å²) >= 11 is 0. The Morgan fingerprint density at radius 1 is 0.900 bits per heavy atom. The second-order valence-corrected chi connectivity index (χ2v) is 15.3. The van der Waals surface area contributed by atoms with Gasteiger partial charge in [-0.15, -0.1) is 0 Å². The zero-order valence-corrected chi connectivity index (χ0v) is 27.5. The normalized spacial score (nSPS) is 16.9. The van der Waals surface area contributed by atoms with Crippen LogP contribution in [0.4, 0.5) is 0 Å². The third-order valence-corrected chi connectivity index (χ3v) is 6.72. The molecule has 1 aliphatic rings. The van der Waals surface area contributed by atoms with Crippen molar-refractivity contribution in [3.8, 4) is 11.5 Å². The van der Waals surface area contributed by atoms with Crippen molar-refractivity contribution >= 4 is 5.91 Å². The summed E-state index contributed by atoms with van der Waals surface area (Å²) in [7, 11) is 0. The predicted molar refractivity (Wildman–Crippen MR) is 166 cm³/mol. The van der Waals surface area contributed by atoms with Crippen LogP contribution in [0.25, 0.3) is 0 Å². The van der Waals surface area contributed by atoms with Crippen LogP contribution in [0.2, 0.25) is 0 Å². The monoisotopic (exact) mass is 561 g/mol. The molecule has 1 fully saturated rings. The zero-order chi connectivity index (χ0) is 30.2. The number of likely N-dealkylation sites (tertiary alicyclic amines) is 1. The fraction of sp³-hybridized carbons (Fsp3) is 0.788. The summed E-state index contributed by atoms with van der Waals surface area (Å²) in [5.41, 5.74) is 1.09. The quantitative estimate of drug-likeness (QED) is 0.274. The minimum absolute atomic E-state index is 0.0518. The highest BCUT2D eigenvalue weighted by Gasteiger charge is 2.29. The Kier molecular flexibility index (Phi) is 12.3. The number of amides is 1. The maximum atomic E-state index is 12.8. The van der Waals surface area contributed by atoms with Crippen molar-refractivity contribution in [2.24, 2.45) is 5.41 Å². The van der Waals surface area contributed by atoms with Crippen LogP contribution in [0.15, 0.2) is 18.2 Å². The Hall–Kier alpha value is -1.83. The molecule has 7 heteroatoms. The predicted octanol–water partition coefficient (Wildman–Crippen LogP) is 5.94. The number of carbonyl (C=O) groups excluding carboxylic acids is 1. The van der Waals surface area contributed by atoms with Gasteiger partial charge in [-0.1, -0.05) is 40.7 Å². The molecule has 0 spiro atoms. The van der Waals surface area contributed by atoms with Gasteiger partial charge >= 0.3 is 0 Å². The van der Waals surface area contributed by atoms with Gasteiger partial charge in [0.2, 0.25) is 5.91 Å². The van der Waals surface area contributed by atoms with Gasteiger partial charge in [-0.3, -0.25) is 4.79 Å². The molecule has 0 aliphatic carbocycles. The molecule has 0 radical (unpaired) electrons. The lowest BCUT2D eigenvalue weighted by Gasteiger charge is -2.27. The molecule has 0 bridgehead atoms. The maximum absolute atomic E-state index is 12.8. The van der Waals surface area contributed by atoms with Gasteiger partial charge in [-0.25, -0.2) is 0 Å². The van der Waals surface area contributed by atoms with Crippen LogP contribution in [0.5, 0.6) is 11.5 Å². The van der Waals surface area contributed by atoms with Crippen molar-refractivity contribution in [1.82, 2.24) is 15.5 Å². The van der Waals surface area contributed by atoms with Gasteiger partial charge in [0.25, 0.3) is 0 Å². The molecule has 0 aromatic heterocycles. The molecule has 1 aliphatic heterocycles. The van der Waals surface area contributed by atoms with Gasteiger partial charge in [0.05, 0.1) is 32.8 Å². The van der Waals surface area contributed by atoms with E-state index in [4.69, 9.17) is 14.2 Å². The van der Waals surface area contributed by atoms with Gasteiger partial charge in [0.1, 0.15) is 0 Å². The molecule has 1 atom stereocenters. The molecule has 0 saturated carbocycles. The van der Waals surface area contributed by atoms with Crippen LogP contribution in [0.1, 0.15) is 101 Å². The number of nitrogens with zero attached hydrogens (tertiary/aromatic N) is 1. The summed E-state index contributed by atoms with van der Waals surface area (Å²) in [6.07, 6.45) is 2.32. The van der Waals surface area contributed by atoms with E-state index in [9.17, 15) is 4.79 Å². The molecule has 1 aromatic carbocycles. The number of rotatable bonds is 14. The smallest absolute Gasteiger partial charge is 0.224 e. The number of carbonyl (C=O) groups is 1. The highest BCUT2D eigenvalue weighted by molar-refractivity contribution is 5.76. The van der Waals surface area contributed by atoms with E-state index in [2.05, 4.69) is 98.9 Å². The zero-order valence-electron chi connectivity index (χ0n) is 27.5. The van der Waals surface area contributed by atoms with Crippen LogP contribution >= 0.6 is 0 Å². The van der Waals surface area contributed by atoms with Crippen molar-refractivity contribution in [2.45, 2.75) is 118 Å². The Balaban J connectivity index is 1.92. The number of ether oxygens (including phenoxy) is 3. The van der Waals surface area contributed by atoms with Gasteiger partial charge in [0.15, 0.2) is 11.5 Å².